The Morgan fingerprint density at radius 3 is 2.65 bits per heavy atom. The van der Waals surface area contributed by atoms with Crippen LogP contribution in [0.2, 0.25) is 0 Å². The Bertz CT molecular complexity index is 923. The highest BCUT2D eigenvalue weighted by atomic mass is 32.2. The van der Waals surface area contributed by atoms with Crippen LogP contribution < -0.4 is 5.32 Å². The number of aromatic nitrogens is 1. The highest BCUT2D eigenvalue weighted by Gasteiger charge is 2.30. The summed E-state index contributed by atoms with van der Waals surface area (Å²) in [5, 5.41) is 2.73. The number of pyridine rings is 1. The van der Waals surface area contributed by atoms with Crippen LogP contribution >= 0.6 is 0 Å². The number of fused-ring (bicyclic) bond motifs is 1. The molecule has 1 amide bonds. The molecule has 1 saturated heterocycles. The lowest BCUT2D eigenvalue weighted by Gasteiger charge is -2.34. The molecule has 0 bridgehead atoms. The Labute approximate surface area is 152 Å². The largest absolute Gasteiger partial charge is 0.326 e. The number of nitrogens with one attached hydrogen (secondary N) is 1. The Hall–Kier alpha value is -2.29. The number of amides is 1. The fourth-order valence-electron chi connectivity index (χ4n) is 3.39. The molecule has 0 atom stereocenters. The summed E-state index contributed by atoms with van der Waals surface area (Å²) in [4.78, 5) is 18.1. The van der Waals surface area contributed by atoms with E-state index in [1.54, 1.807) is 24.4 Å². The van der Waals surface area contributed by atoms with E-state index in [2.05, 4.69) is 15.2 Å². The quantitative estimate of drug-likeness (QED) is 0.869. The van der Waals surface area contributed by atoms with Crippen LogP contribution in [-0.4, -0.2) is 54.7 Å². The average Bonchev–Trinajstić information content (AvgIpc) is 3.02. The number of benzene rings is 1. The number of sulfonamides is 1. The van der Waals surface area contributed by atoms with E-state index in [0.717, 1.165) is 17.7 Å². The number of carbonyl (C=O) groups excluding carboxylic acids is 1. The van der Waals surface area contributed by atoms with Crippen molar-refractivity contribution in [3.63, 3.8) is 0 Å². The van der Waals surface area contributed by atoms with Crippen molar-refractivity contribution in [2.45, 2.75) is 17.9 Å². The third-order valence-corrected chi connectivity index (χ3v) is 6.69. The van der Waals surface area contributed by atoms with E-state index in [1.165, 1.54) is 4.31 Å². The highest BCUT2D eigenvalue weighted by Crippen LogP contribution is 2.27. The first kappa shape index (κ1) is 17.1. The van der Waals surface area contributed by atoms with Gasteiger partial charge in [-0.1, -0.05) is 6.07 Å². The van der Waals surface area contributed by atoms with Gasteiger partial charge in [-0.05, 0) is 35.4 Å². The molecular weight excluding hydrogens is 352 g/mol. The monoisotopic (exact) mass is 372 g/mol. The fraction of sp³-hybridized carbons (Fsp3) is 0.333. The molecule has 0 unspecified atom stereocenters. The van der Waals surface area contributed by atoms with Gasteiger partial charge in [-0.3, -0.25) is 14.7 Å². The van der Waals surface area contributed by atoms with Crippen LogP contribution in [0.5, 0.6) is 0 Å². The van der Waals surface area contributed by atoms with Gasteiger partial charge in [0.15, 0.2) is 0 Å². The van der Waals surface area contributed by atoms with Crippen molar-refractivity contribution >= 4 is 21.6 Å². The zero-order valence-corrected chi connectivity index (χ0v) is 15.1. The number of nitrogens with zero attached hydrogens (tertiary/aromatic N) is 3. The first-order valence-corrected chi connectivity index (χ1v) is 10.0. The second kappa shape index (κ2) is 6.79. The van der Waals surface area contributed by atoms with Crippen LogP contribution in [0.25, 0.3) is 0 Å². The molecule has 2 aliphatic rings. The van der Waals surface area contributed by atoms with Crippen LogP contribution in [0.1, 0.15) is 11.1 Å². The summed E-state index contributed by atoms with van der Waals surface area (Å²) in [5.41, 5.74) is 2.57. The molecule has 1 aromatic heterocycles. The Morgan fingerprint density at radius 2 is 1.92 bits per heavy atom. The normalized spacial score (nSPS) is 18.5. The standard InChI is InChI=1S/C18H20N4O3S/c23-18-11-15-10-16(3-4-17(15)20-18)26(24,25)22-8-6-21(7-9-22)13-14-2-1-5-19-12-14/h1-5,10,12H,6-9,11,13H2,(H,20,23). The number of hydrogen-bond acceptors (Lipinski definition) is 5. The van der Waals surface area contributed by atoms with Gasteiger partial charge >= 0.3 is 0 Å². The molecule has 26 heavy (non-hydrogen) atoms. The van der Waals surface area contributed by atoms with E-state index in [-0.39, 0.29) is 17.2 Å². The summed E-state index contributed by atoms with van der Waals surface area (Å²) in [5.74, 6) is -0.0986. The molecule has 2 aliphatic heterocycles. The van der Waals surface area contributed by atoms with Crippen molar-refractivity contribution in [3.05, 3.63) is 53.9 Å². The Balaban J connectivity index is 1.44. The first-order chi connectivity index (χ1) is 12.5. The SMILES string of the molecule is O=C1Cc2cc(S(=O)(=O)N3CCN(Cc4cccnc4)CC3)ccc2N1. The smallest absolute Gasteiger partial charge is 0.243 e. The molecule has 0 saturated carbocycles. The van der Waals surface area contributed by atoms with Crippen LogP contribution in [0.3, 0.4) is 0 Å². The lowest BCUT2D eigenvalue weighted by molar-refractivity contribution is -0.115. The van der Waals surface area contributed by atoms with Crippen molar-refractivity contribution in [1.82, 2.24) is 14.2 Å². The van der Waals surface area contributed by atoms with E-state index in [0.29, 0.717) is 31.9 Å². The molecule has 0 radical (unpaired) electrons. The van der Waals surface area contributed by atoms with Gasteiger partial charge in [0, 0.05) is 50.8 Å². The van der Waals surface area contributed by atoms with E-state index in [1.807, 2.05) is 18.3 Å². The van der Waals surface area contributed by atoms with Gasteiger partial charge in [0.05, 0.1) is 11.3 Å². The maximum absolute atomic E-state index is 12.9. The van der Waals surface area contributed by atoms with Crippen molar-refractivity contribution in [3.8, 4) is 0 Å². The number of hydrogen-bond donors (Lipinski definition) is 1. The molecule has 2 aromatic rings. The number of piperazine rings is 1. The minimum atomic E-state index is -3.54. The number of carbonyl (C=O) groups is 1. The van der Waals surface area contributed by atoms with Gasteiger partial charge < -0.3 is 5.32 Å². The molecule has 1 fully saturated rings. The van der Waals surface area contributed by atoms with Crippen LogP contribution in [0.4, 0.5) is 5.69 Å². The first-order valence-electron chi connectivity index (χ1n) is 8.56. The summed E-state index contributed by atoms with van der Waals surface area (Å²) >= 11 is 0. The van der Waals surface area contributed by atoms with Crippen molar-refractivity contribution in [2.75, 3.05) is 31.5 Å². The van der Waals surface area contributed by atoms with Gasteiger partial charge in [0.2, 0.25) is 15.9 Å². The molecule has 1 N–H and O–H groups in total. The minimum absolute atomic E-state index is 0.0986. The maximum Gasteiger partial charge on any atom is 0.243 e. The van der Waals surface area contributed by atoms with Gasteiger partial charge in [-0.15, -0.1) is 0 Å². The van der Waals surface area contributed by atoms with Crippen molar-refractivity contribution < 1.29 is 13.2 Å². The average molecular weight is 372 g/mol. The van der Waals surface area contributed by atoms with E-state index in [9.17, 15) is 13.2 Å². The van der Waals surface area contributed by atoms with Crippen molar-refractivity contribution in [2.24, 2.45) is 0 Å². The number of rotatable bonds is 4. The molecule has 4 rings (SSSR count). The summed E-state index contributed by atoms with van der Waals surface area (Å²) < 4.78 is 27.4. The fourth-order valence-corrected chi connectivity index (χ4v) is 4.87. The van der Waals surface area contributed by atoms with Crippen molar-refractivity contribution in [1.29, 1.82) is 0 Å². The lowest BCUT2D eigenvalue weighted by atomic mass is 10.2. The maximum atomic E-state index is 12.9. The topological polar surface area (TPSA) is 82.6 Å². The van der Waals surface area contributed by atoms with Gasteiger partial charge in [-0.25, -0.2) is 8.42 Å². The minimum Gasteiger partial charge on any atom is -0.326 e. The second-order valence-corrected chi connectivity index (χ2v) is 8.52. The Morgan fingerprint density at radius 1 is 1.12 bits per heavy atom. The zero-order chi connectivity index (χ0) is 18.1. The summed E-state index contributed by atoms with van der Waals surface area (Å²) in [6.45, 7) is 3.04. The number of anilines is 1. The van der Waals surface area contributed by atoms with E-state index < -0.39 is 10.0 Å². The highest BCUT2D eigenvalue weighted by molar-refractivity contribution is 7.89. The predicted molar refractivity (Wildman–Crippen MR) is 97.0 cm³/mol. The predicted octanol–water partition coefficient (Wildman–Crippen LogP) is 1.08. The molecule has 0 spiro atoms. The van der Waals surface area contributed by atoms with Crippen LogP contribution in [0, 0.1) is 0 Å². The summed E-state index contributed by atoms with van der Waals surface area (Å²) in [6.07, 6.45) is 3.81. The molecule has 0 aliphatic carbocycles. The molecule has 1 aromatic carbocycles. The lowest BCUT2D eigenvalue weighted by Crippen LogP contribution is -2.48. The second-order valence-electron chi connectivity index (χ2n) is 6.59. The third-order valence-electron chi connectivity index (χ3n) is 4.80. The van der Waals surface area contributed by atoms with Gasteiger partial charge in [-0.2, -0.15) is 4.31 Å². The zero-order valence-electron chi connectivity index (χ0n) is 14.3. The van der Waals surface area contributed by atoms with E-state index in [4.69, 9.17) is 0 Å². The van der Waals surface area contributed by atoms with Crippen LogP contribution in [-0.2, 0) is 27.8 Å². The van der Waals surface area contributed by atoms with Crippen LogP contribution in [0.15, 0.2) is 47.6 Å². The molecule has 136 valence electrons. The molecular formula is C18H20N4O3S. The van der Waals surface area contributed by atoms with Gasteiger partial charge in [0.25, 0.3) is 0 Å². The third kappa shape index (κ3) is 3.35. The molecule has 7 nitrogen and oxygen atoms in total. The van der Waals surface area contributed by atoms with Gasteiger partial charge in [0.1, 0.15) is 0 Å². The summed E-state index contributed by atoms with van der Waals surface area (Å²) in [7, 11) is -3.54. The Kier molecular flexibility index (Phi) is 4.47. The summed E-state index contributed by atoms with van der Waals surface area (Å²) in [6, 6.07) is 8.79. The van der Waals surface area contributed by atoms with E-state index >= 15 is 0 Å². The molecule has 3 heterocycles. The molecule has 8 heteroatoms.